The standard InChI is InChI=1S/C23H20N2O6S2/c1-3-31-23(28)20-19(15-9-5-4-6-10-15)14(2)32-21(20)24-18(26)13-25-22(27)16-11-7-8-12-17(16)33(25,29)30/h4-12H,3,13H2,1-2H3,(H,24,26). The molecule has 2 heterocycles. The van der Waals surface area contributed by atoms with Gasteiger partial charge in [0, 0.05) is 10.4 Å². The SMILES string of the molecule is CCOC(=O)c1c(NC(=O)CN2C(=O)c3ccccc3S2(=O)=O)sc(C)c1-c1ccccc1. The Labute approximate surface area is 194 Å². The Kier molecular flexibility index (Phi) is 6.05. The summed E-state index contributed by atoms with van der Waals surface area (Å²) in [4.78, 5) is 38.8. The number of carbonyl (C=O) groups excluding carboxylic acids is 3. The molecule has 170 valence electrons. The second kappa shape index (κ2) is 8.80. The molecule has 2 aromatic carbocycles. The highest BCUT2D eigenvalue weighted by atomic mass is 32.2. The molecule has 1 aliphatic rings. The van der Waals surface area contributed by atoms with E-state index >= 15 is 0 Å². The number of benzene rings is 2. The van der Waals surface area contributed by atoms with Gasteiger partial charge < -0.3 is 10.1 Å². The number of hydrogen-bond donors (Lipinski definition) is 1. The van der Waals surface area contributed by atoms with Crippen molar-refractivity contribution >= 4 is 44.1 Å². The van der Waals surface area contributed by atoms with Crippen LogP contribution in [0.4, 0.5) is 5.00 Å². The lowest BCUT2D eigenvalue weighted by Gasteiger charge is -2.15. The van der Waals surface area contributed by atoms with E-state index < -0.39 is 34.4 Å². The second-order valence-electron chi connectivity index (χ2n) is 7.19. The minimum absolute atomic E-state index is 0.0239. The Morgan fingerprint density at radius 1 is 1.06 bits per heavy atom. The van der Waals surface area contributed by atoms with Crippen LogP contribution in [-0.2, 0) is 19.6 Å². The van der Waals surface area contributed by atoms with Gasteiger partial charge in [-0.2, -0.15) is 0 Å². The molecule has 0 saturated carbocycles. The Morgan fingerprint density at radius 2 is 1.73 bits per heavy atom. The minimum atomic E-state index is -4.13. The fourth-order valence-corrected chi connectivity index (χ4v) is 6.27. The van der Waals surface area contributed by atoms with E-state index in [1.807, 2.05) is 37.3 Å². The van der Waals surface area contributed by atoms with Gasteiger partial charge in [0.25, 0.3) is 15.9 Å². The van der Waals surface area contributed by atoms with Gasteiger partial charge in [-0.1, -0.05) is 42.5 Å². The molecule has 1 aromatic heterocycles. The normalized spacial score (nSPS) is 14.1. The maximum Gasteiger partial charge on any atom is 0.341 e. The molecular formula is C23H20N2O6S2. The summed E-state index contributed by atoms with van der Waals surface area (Å²) < 4.78 is 31.2. The fraction of sp³-hybridized carbons (Fsp3) is 0.174. The Balaban J connectivity index is 1.65. The number of ether oxygens (including phenoxy) is 1. The van der Waals surface area contributed by atoms with E-state index in [1.54, 1.807) is 13.0 Å². The van der Waals surface area contributed by atoms with Gasteiger partial charge in [-0.05, 0) is 31.5 Å². The molecule has 1 N–H and O–H groups in total. The zero-order valence-electron chi connectivity index (χ0n) is 17.8. The number of rotatable bonds is 6. The van der Waals surface area contributed by atoms with Crippen LogP contribution in [0, 0.1) is 6.92 Å². The van der Waals surface area contributed by atoms with Gasteiger partial charge in [0.2, 0.25) is 5.91 Å². The van der Waals surface area contributed by atoms with Crippen LogP contribution in [0.25, 0.3) is 11.1 Å². The number of amides is 2. The molecule has 0 bridgehead atoms. The predicted molar refractivity (Wildman–Crippen MR) is 124 cm³/mol. The molecule has 4 rings (SSSR count). The molecule has 0 radical (unpaired) electrons. The Hall–Kier alpha value is -3.50. The molecule has 1 aliphatic heterocycles. The fourth-order valence-electron chi connectivity index (χ4n) is 3.67. The number of nitrogens with zero attached hydrogens (tertiary/aromatic N) is 1. The first-order valence-electron chi connectivity index (χ1n) is 10.1. The van der Waals surface area contributed by atoms with Crippen LogP contribution in [0.3, 0.4) is 0 Å². The Bertz CT molecular complexity index is 1360. The summed E-state index contributed by atoms with van der Waals surface area (Å²) in [6.07, 6.45) is 0. The molecule has 10 heteroatoms. The smallest absolute Gasteiger partial charge is 0.341 e. The number of hydrogen-bond acceptors (Lipinski definition) is 7. The summed E-state index contributed by atoms with van der Waals surface area (Å²) >= 11 is 1.18. The lowest BCUT2D eigenvalue weighted by molar-refractivity contribution is -0.116. The third-order valence-corrected chi connectivity index (χ3v) is 7.89. The summed E-state index contributed by atoms with van der Waals surface area (Å²) in [6, 6.07) is 15.0. The topological polar surface area (TPSA) is 110 Å². The van der Waals surface area contributed by atoms with Crippen LogP contribution in [0.5, 0.6) is 0 Å². The first kappa shape index (κ1) is 22.7. The van der Waals surface area contributed by atoms with Crippen molar-refractivity contribution in [2.75, 3.05) is 18.5 Å². The van der Waals surface area contributed by atoms with E-state index in [-0.39, 0.29) is 27.6 Å². The van der Waals surface area contributed by atoms with E-state index in [9.17, 15) is 22.8 Å². The Morgan fingerprint density at radius 3 is 2.39 bits per heavy atom. The van der Waals surface area contributed by atoms with Gasteiger partial charge in [-0.15, -0.1) is 11.3 Å². The van der Waals surface area contributed by atoms with Crippen LogP contribution in [-0.4, -0.2) is 43.7 Å². The lowest BCUT2D eigenvalue weighted by atomic mass is 10.0. The first-order chi connectivity index (χ1) is 15.8. The molecule has 0 fully saturated rings. The van der Waals surface area contributed by atoms with Crippen LogP contribution in [0.1, 0.15) is 32.5 Å². The molecule has 0 unspecified atom stereocenters. The van der Waals surface area contributed by atoms with Crippen LogP contribution < -0.4 is 5.32 Å². The first-order valence-corrected chi connectivity index (χ1v) is 12.3. The summed E-state index contributed by atoms with van der Waals surface area (Å²) in [6.45, 7) is 2.93. The number of fused-ring (bicyclic) bond motifs is 1. The number of nitrogens with one attached hydrogen (secondary N) is 1. The zero-order valence-corrected chi connectivity index (χ0v) is 19.5. The highest BCUT2D eigenvalue weighted by Gasteiger charge is 2.42. The number of anilines is 1. The maximum absolute atomic E-state index is 12.8. The molecule has 0 aliphatic carbocycles. The van der Waals surface area contributed by atoms with E-state index in [4.69, 9.17) is 4.74 Å². The summed E-state index contributed by atoms with van der Waals surface area (Å²) in [7, 11) is -4.13. The third kappa shape index (κ3) is 4.03. The molecule has 0 saturated heterocycles. The van der Waals surface area contributed by atoms with Gasteiger partial charge >= 0.3 is 5.97 Å². The molecule has 2 amide bonds. The summed E-state index contributed by atoms with van der Waals surface area (Å²) in [5.41, 5.74) is 1.63. The lowest BCUT2D eigenvalue weighted by Crippen LogP contribution is -2.37. The van der Waals surface area contributed by atoms with Gasteiger partial charge in [-0.25, -0.2) is 17.5 Å². The predicted octanol–water partition coefficient (Wildman–Crippen LogP) is 3.68. The monoisotopic (exact) mass is 484 g/mol. The van der Waals surface area contributed by atoms with E-state index in [0.717, 1.165) is 10.4 Å². The van der Waals surface area contributed by atoms with Crippen molar-refractivity contribution in [2.24, 2.45) is 0 Å². The highest BCUT2D eigenvalue weighted by molar-refractivity contribution is 7.90. The van der Waals surface area contributed by atoms with Gasteiger partial charge in [0.05, 0.1) is 12.2 Å². The average molecular weight is 485 g/mol. The van der Waals surface area contributed by atoms with E-state index in [2.05, 4.69) is 5.32 Å². The molecule has 0 spiro atoms. The number of thiophene rings is 1. The van der Waals surface area contributed by atoms with Crippen molar-refractivity contribution < 1.29 is 27.5 Å². The van der Waals surface area contributed by atoms with Crippen molar-refractivity contribution in [3.63, 3.8) is 0 Å². The highest BCUT2D eigenvalue weighted by Crippen LogP contribution is 2.40. The second-order valence-corrected chi connectivity index (χ2v) is 10.2. The minimum Gasteiger partial charge on any atom is -0.462 e. The molecule has 3 aromatic rings. The molecular weight excluding hydrogens is 464 g/mol. The number of esters is 1. The number of aryl methyl sites for hydroxylation is 1. The van der Waals surface area contributed by atoms with Crippen LogP contribution in [0.15, 0.2) is 59.5 Å². The van der Waals surface area contributed by atoms with Crippen molar-refractivity contribution in [2.45, 2.75) is 18.7 Å². The van der Waals surface area contributed by atoms with Crippen molar-refractivity contribution in [1.29, 1.82) is 0 Å². The van der Waals surface area contributed by atoms with Gasteiger partial charge in [0.15, 0.2) is 0 Å². The molecule has 0 atom stereocenters. The van der Waals surface area contributed by atoms with Crippen molar-refractivity contribution in [3.05, 3.63) is 70.6 Å². The van der Waals surface area contributed by atoms with E-state index in [1.165, 1.54) is 29.5 Å². The van der Waals surface area contributed by atoms with Crippen LogP contribution in [0.2, 0.25) is 0 Å². The average Bonchev–Trinajstić information content (AvgIpc) is 3.21. The number of sulfonamides is 1. The molecule has 33 heavy (non-hydrogen) atoms. The quantitative estimate of drug-likeness (QED) is 0.535. The summed E-state index contributed by atoms with van der Waals surface area (Å²) in [5, 5.41) is 2.85. The number of carbonyl (C=O) groups is 3. The van der Waals surface area contributed by atoms with Crippen LogP contribution >= 0.6 is 11.3 Å². The summed E-state index contributed by atoms with van der Waals surface area (Å²) in [5.74, 6) is -2.11. The van der Waals surface area contributed by atoms with Crippen molar-refractivity contribution in [3.8, 4) is 11.1 Å². The van der Waals surface area contributed by atoms with Crippen molar-refractivity contribution in [1.82, 2.24) is 4.31 Å². The van der Waals surface area contributed by atoms with E-state index in [0.29, 0.717) is 9.87 Å². The van der Waals surface area contributed by atoms with Gasteiger partial charge in [-0.3, -0.25) is 9.59 Å². The third-order valence-electron chi connectivity index (χ3n) is 5.08. The maximum atomic E-state index is 12.8. The zero-order chi connectivity index (χ0) is 23.8. The van der Waals surface area contributed by atoms with Gasteiger partial charge in [0.1, 0.15) is 22.0 Å². The largest absolute Gasteiger partial charge is 0.462 e. The molecule has 8 nitrogen and oxygen atoms in total.